The maximum Gasteiger partial charge on any atom is 0.254 e. The number of carbonyl (C=O) groups excluding carboxylic acids is 2. The summed E-state index contributed by atoms with van der Waals surface area (Å²) in [5.74, 6) is 0.416. The maximum atomic E-state index is 13.1. The van der Waals surface area contributed by atoms with Gasteiger partial charge in [-0.15, -0.1) is 0 Å². The van der Waals surface area contributed by atoms with E-state index in [1.165, 1.54) is 0 Å². The first kappa shape index (κ1) is 18.9. The second kappa shape index (κ2) is 9.19. The van der Waals surface area contributed by atoms with Gasteiger partial charge >= 0.3 is 0 Å². The van der Waals surface area contributed by atoms with Gasteiger partial charge in [0.25, 0.3) is 5.91 Å². The van der Waals surface area contributed by atoms with Crippen LogP contribution in [0.1, 0.15) is 15.9 Å². The largest absolute Gasteiger partial charge is 0.497 e. The van der Waals surface area contributed by atoms with E-state index in [1.807, 2.05) is 35.2 Å². The van der Waals surface area contributed by atoms with Gasteiger partial charge in [-0.1, -0.05) is 36.4 Å². The number of benzene rings is 2. The number of amides is 2. The van der Waals surface area contributed by atoms with Crippen LogP contribution in [-0.2, 0) is 11.3 Å². The molecule has 1 fully saturated rings. The number of hydrogen-bond acceptors (Lipinski definition) is 4. The smallest absolute Gasteiger partial charge is 0.254 e. The molecule has 27 heavy (non-hydrogen) atoms. The predicted molar refractivity (Wildman–Crippen MR) is 104 cm³/mol. The van der Waals surface area contributed by atoms with Crippen molar-refractivity contribution in [3.8, 4) is 5.75 Å². The molecule has 2 aromatic carbocycles. The molecule has 2 amide bonds. The molecule has 0 unspecified atom stereocenters. The van der Waals surface area contributed by atoms with E-state index < -0.39 is 0 Å². The number of nitrogens with one attached hydrogen (secondary N) is 1. The Bertz CT molecular complexity index is 773. The molecule has 2 aromatic rings. The molecule has 1 heterocycles. The van der Waals surface area contributed by atoms with Crippen LogP contribution in [0.25, 0.3) is 0 Å². The lowest BCUT2D eigenvalue weighted by Gasteiger charge is -2.30. The third kappa shape index (κ3) is 5.08. The van der Waals surface area contributed by atoms with Crippen molar-refractivity contribution in [2.45, 2.75) is 6.54 Å². The Balaban J connectivity index is 1.79. The molecule has 6 nitrogen and oxygen atoms in total. The van der Waals surface area contributed by atoms with Crippen molar-refractivity contribution >= 4 is 11.8 Å². The highest BCUT2D eigenvalue weighted by atomic mass is 16.5. The van der Waals surface area contributed by atoms with Crippen molar-refractivity contribution in [2.75, 3.05) is 39.8 Å². The Labute approximate surface area is 159 Å². The highest BCUT2D eigenvalue weighted by molar-refractivity contribution is 5.96. The fourth-order valence-corrected chi connectivity index (χ4v) is 3.12. The van der Waals surface area contributed by atoms with Crippen molar-refractivity contribution < 1.29 is 14.3 Å². The van der Waals surface area contributed by atoms with Crippen molar-refractivity contribution in [1.29, 1.82) is 0 Å². The fourth-order valence-electron chi connectivity index (χ4n) is 3.12. The highest BCUT2D eigenvalue weighted by Gasteiger charge is 2.23. The van der Waals surface area contributed by atoms with Crippen LogP contribution in [0.5, 0.6) is 5.75 Å². The molecule has 0 aliphatic carbocycles. The first-order valence-electron chi connectivity index (χ1n) is 9.13. The molecule has 142 valence electrons. The summed E-state index contributed by atoms with van der Waals surface area (Å²) >= 11 is 0. The number of hydrogen-bond donors (Lipinski definition) is 1. The molecule has 0 radical (unpaired) electrons. The Hall–Kier alpha value is -2.86. The van der Waals surface area contributed by atoms with Gasteiger partial charge in [-0.2, -0.15) is 0 Å². The van der Waals surface area contributed by atoms with Gasteiger partial charge in [-0.25, -0.2) is 0 Å². The first-order valence-corrected chi connectivity index (χ1v) is 9.13. The summed E-state index contributed by atoms with van der Waals surface area (Å²) in [5.41, 5.74) is 1.50. The summed E-state index contributed by atoms with van der Waals surface area (Å²) in [5, 5.41) is 3.24. The molecule has 1 aliphatic heterocycles. The second-order valence-corrected chi connectivity index (χ2v) is 6.51. The second-order valence-electron chi connectivity index (χ2n) is 6.51. The molecule has 6 heteroatoms. The molecular formula is C21H25N3O3. The number of carbonyl (C=O) groups is 2. The quantitative estimate of drug-likeness (QED) is 0.845. The van der Waals surface area contributed by atoms with E-state index in [1.54, 1.807) is 36.3 Å². The zero-order chi connectivity index (χ0) is 19.1. The van der Waals surface area contributed by atoms with E-state index in [0.29, 0.717) is 30.9 Å². The van der Waals surface area contributed by atoms with Crippen molar-refractivity contribution in [2.24, 2.45) is 0 Å². The number of ether oxygens (including phenoxy) is 1. The molecule has 0 bridgehead atoms. The van der Waals surface area contributed by atoms with Gasteiger partial charge in [-0.3, -0.25) is 9.59 Å². The molecule has 0 spiro atoms. The summed E-state index contributed by atoms with van der Waals surface area (Å²) in [4.78, 5) is 29.3. The van der Waals surface area contributed by atoms with Crippen LogP contribution < -0.4 is 10.1 Å². The van der Waals surface area contributed by atoms with Crippen LogP contribution in [0, 0.1) is 0 Å². The van der Waals surface area contributed by atoms with Gasteiger partial charge in [0, 0.05) is 38.3 Å². The van der Waals surface area contributed by atoms with Gasteiger partial charge in [0.2, 0.25) is 5.91 Å². The lowest BCUT2D eigenvalue weighted by molar-refractivity contribution is -0.132. The summed E-state index contributed by atoms with van der Waals surface area (Å²) < 4.78 is 5.23. The van der Waals surface area contributed by atoms with E-state index in [4.69, 9.17) is 4.74 Å². The SMILES string of the molecule is COc1cccc(C(=O)N(CC(=O)N2CCNCC2)Cc2ccccc2)c1. The lowest BCUT2D eigenvalue weighted by Crippen LogP contribution is -2.50. The van der Waals surface area contributed by atoms with Gasteiger partial charge in [0.15, 0.2) is 0 Å². The molecule has 1 aliphatic rings. The van der Waals surface area contributed by atoms with Crippen LogP contribution in [0.15, 0.2) is 54.6 Å². The van der Waals surface area contributed by atoms with Crippen LogP contribution in [0.4, 0.5) is 0 Å². The summed E-state index contributed by atoms with van der Waals surface area (Å²) in [7, 11) is 1.57. The molecule has 1 saturated heterocycles. The topological polar surface area (TPSA) is 61.9 Å². The van der Waals surface area contributed by atoms with Crippen LogP contribution in [0.2, 0.25) is 0 Å². The molecular weight excluding hydrogens is 342 g/mol. The Kier molecular flexibility index (Phi) is 6.44. The molecule has 0 saturated carbocycles. The van der Waals surface area contributed by atoms with Gasteiger partial charge in [0.05, 0.1) is 7.11 Å². The monoisotopic (exact) mass is 367 g/mol. The number of piperazine rings is 1. The predicted octanol–water partition coefficient (Wildman–Crippen LogP) is 1.77. The van der Waals surface area contributed by atoms with Crippen molar-refractivity contribution in [1.82, 2.24) is 15.1 Å². The van der Waals surface area contributed by atoms with Crippen molar-refractivity contribution in [3.05, 3.63) is 65.7 Å². The van der Waals surface area contributed by atoms with Crippen LogP contribution in [-0.4, -0.2) is 61.4 Å². The number of nitrogens with zero attached hydrogens (tertiary/aromatic N) is 2. The summed E-state index contributed by atoms with van der Waals surface area (Å²) in [6.45, 7) is 3.36. The minimum Gasteiger partial charge on any atom is -0.497 e. The van der Waals surface area contributed by atoms with E-state index in [-0.39, 0.29) is 18.4 Å². The lowest BCUT2D eigenvalue weighted by atomic mass is 10.1. The molecule has 1 N–H and O–H groups in total. The minimum atomic E-state index is -0.179. The minimum absolute atomic E-state index is 0.0244. The molecule has 3 rings (SSSR count). The van der Waals surface area contributed by atoms with Crippen LogP contribution in [0.3, 0.4) is 0 Å². The van der Waals surface area contributed by atoms with Crippen LogP contribution >= 0.6 is 0 Å². The first-order chi connectivity index (χ1) is 13.2. The van der Waals surface area contributed by atoms with Crippen molar-refractivity contribution in [3.63, 3.8) is 0 Å². The van der Waals surface area contributed by atoms with Gasteiger partial charge in [0.1, 0.15) is 12.3 Å². The number of rotatable bonds is 6. The van der Waals surface area contributed by atoms with Gasteiger partial charge < -0.3 is 19.9 Å². The average Bonchev–Trinajstić information content (AvgIpc) is 2.74. The number of methoxy groups -OCH3 is 1. The fraction of sp³-hybridized carbons (Fsp3) is 0.333. The Morgan fingerprint density at radius 3 is 2.52 bits per heavy atom. The third-order valence-corrected chi connectivity index (χ3v) is 4.62. The van der Waals surface area contributed by atoms with E-state index in [0.717, 1.165) is 18.7 Å². The van der Waals surface area contributed by atoms with E-state index >= 15 is 0 Å². The molecule has 0 aromatic heterocycles. The van der Waals surface area contributed by atoms with E-state index in [9.17, 15) is 9.59 Å². The average molecular weight is 367 g/mol. The summed E-state index contributed by atoms with van der Waals surface area (Å²) in [6, 6.07) is 16.7. The van der Waals surface area contributed by atoms with E-state index in [2.05, 4.69) is 5.32 Å². The van der Waals surface area contributed by atoms with Gasteiger partial charge in [-0.05, 0) is 23.8 Å². The highest BCUT2D eigenvalue weighted by Crippen LogP contribution is 2.16. The standard InChI is InChI=1S/C21H25N3O3/c1-27-19-9-5-8-18(14-19)21(26)24(15-17-6-3-2-4-7-17)16-20(25)23-12-10-22-11-13-23/h2-9,14,22H,10-13,15-16H2,1H3. The zero-order valence-electron chi connectivity index (χ0n) is 15.6. The molecule has 0 atom stereocenters. The third-order valence-electron chi connectivity index (χ3n) is 4.62. The summed E-state index contributed by atoms with van der Waals surface area (Å²) in [6.07, 6.45) is 0. The normalized spacial score (nSPS) is 13.9. The maximum absolute atomic E-state index is 13.1. The Morgan fingerprint density at radius 2 is 1.81 bits per heavy atom. The zero-order valence-corrected chi connectivity index (χ0v) is 15.6. The Morgan fingerprint density at radius 1 is 1.07 bits per heavy atom.